The van der Waals surface area contributed by atoms with Gasteiger partial charge in [-0.05, 0) is 31.5 Å². The molecule has 0 aliphatic rings. The lowest BCUT2D eigenvalue weighted by atomic mass is 10.0. The van der Waals surface area contributed by atoms with Crippen molar-refractivity contribution in [1.82, 2.24) is 10.2 Å². The summed E-state index contributed by atoms with van der Waals surface area (Å²) < 4.78 is 0. The molecule has 0 saturated carbocycles. The molecule has 19 heavy (non-hydrogen) atoms. The van der Waals surface area contributed by atoms with Gasteiger partial charge in [-0.15, -0.1) is 0 Å². The molecule has 2 unspecified atom stereocenters. The van der Waals surface area contributed by atoms with E-state index in [1.54, 1.807) is 0 Å². The molecule has 0 heterocycles. The molecule has 0 fully saturated rings. The third-order valence-electron chi connectivity index (χ3n) is 3.88. The van der Waals surface area contributed by atoms with Gasteiger partial charge >= 0.3 is 0 Å². The second-order valence-electron chi connectivity index (χ2n) is 5.83. The van der Waals surface area contributed by atoms with Gasteiger partial charge in [0.15, 0.2) is 0 Å². The first-order valence-electron chi connectivity index (χ1n) is 7.56. The molecule has 1 aromatic rings. The van der Waals surface area contributed by atoms with Gasteiger partial charge in [0.1, 0.15) is 0 Å². The van der Waals surface area contributed by atoms with E-state index in [0.29, 0.717) is 18.0 Å². The van der Waals surface area contributed by atoms with Crippen LogP contribution >= 0.6 is 0 Å². The van der Waals surface area contributed by atoms with E-state index in [9.17, 15) is 0 Å². The molecule has 0 spiro atoms. The zero-order chi connectivity index (χ0) is 14.3. The minimum Gasteiger partial charge on any atom is -0.314 e. The third-order valence-corrected chi connectivity index (χ3v) is 3.88. The number of hydrogen-bond acceptors (Lipinski definition) is 2. The molecule has 0 aromatic heterocycles. The molecule has 0 aliphatic carbocycles. The molecule has 0 bridgehead atoms. The summed E-state index contributed by atoms with van der Waals surface area (Å²) in [6.07, 6.45) is 0. The topological polar surface area (TPSA) is 15.3 Å². The Bertz CT molecular complexity index is 334. The summed E-state index contributed by atoms with van der Waals surface area (Å²) in [5.74, 6) is 0.658. The van der Waals surface area contributed by atoms with Gasteiger partial charge in [-0.3, -0.25) is 4.90 Å². The molecule has 2 heteroatoms. The number of hydrogen-bond donors (Lipinski definition) is 1. The molecule has 0 amide bonds. The van der Waals surface area contributed by atoms with Gasteiger partial charge in [0, 0.05) is 18.6 Å². The summed E-state index contributed by atoms with van der Waals surface area (Å²) in [5.41, 5.74) is 1.40. The summed E-state index contributed by atoms with van der Waals surface area (Å²) in [5, 5.41) is 3.54. The fourth-order valence-corrected chi connectivity index (χ4v) is 2.31. The first-order valence-corrected chi connectivity index (χ1v) is 7.56. The molecular formula is C17H30N2. The van der Waals surface area contributed by atoms with Crippen LogP contribution in [0.3, 0.4) is 0 Å². The Morgan fingerprint density at radius 1 is 1.05 bits per heavy atom. The van der Waals surface area contributed by atoms with Crippen LogP contribution in [0, 0.1) is 5.92 Å². The van der Waals surface area contributed by atoms with Gasteiger partial charge in [0.25, 0.3) is 0 Å². The van der Waals surface area contributed by atoms with Gasteiger partial charge in [0.2, 0.25) is 0 Å². The second-order valence-corrected chi connectivity index (χ2v) is 5.83. The highest BCUT2D eigenvalue weighted by molar-refractivity contribution is 5.14. The van der Waals surface area contributed by atoms with Crippen LogP contribution in [-0.4, -0.2) is 30.1 Å². The number of nitrogens with zero attached hydrogens (tertiary/aromatic N) is 1. The minimum absolute atomic E-state index is 0.568. The molecule has 1 rings (SSSR count). The first kappa shape index (κ1) is 16.2. The number of rotatable bonds is 8. The lowest BCUT2D eigenvalue weighted by Crippen LogP contribution is -2.41. The first-order chi connectivity index (χ1) is 9.04. The van der Waals surface area contributed by atoms with E-state index in [1.165, 1.54) is 5.56 Å². The maximum atomic E-state index is 3.54. The van der Waals surface area contributed by atoms with Crippen LogP contribution in [0.4, 0.5) is 0 Å². The van der Waals surface area contributed by atoms with Crippen LogP contribution in [-0.2, 0) is 6.54 Å². The zero-order valence-electron chi connectivity index (χ0n) is 13.2. The maximum absolute atomic E-state index is 3.54. The van der Waals surface area contributed by atoms with Crippen molar-refractivity contribution in [3.05, 3.63) is 35.9 Å². The predicted molar refractivity (Wildman–Crippen MR) is 84.3 cm³/mol. The lowest BCUT2D eigenvalue weighted by Gasteiger charge is -2.33. The summed E-state index contributed by atoms with van der Waals surface area (Å²) in [4.78, 5) is 2.56. The molecule has 0 saturated heterocycles. The van der Waals surface area contributed by atoms with Crippen molar-refractivity contribution in [3.63, 3.8) is 0 Å². The summed E-state index contributed by atoms with van der Waals surface area (Å²) in [6.45, 7) is 14.6. The smallest absolute Gasteiger partial charge is 0.0236 e. The Morgan fingerprint density at radius 2 is 1.68 bits per heavy atom. The van der Waals surface area contributed by atoms with E-state index < -0.39 is 0 Å². The number of nitrogens with one attached hydrogen (secondary N) is 1. The monoisotopic (exact) mass is 262 g/mol. The quantitative estimate of drug-likeness (QED) is 0.771. The van der Waals surface area contributed by atoms with E-state index >= 15 is 0 Å². The van der Waals surface area contributed by atoms with Gasteiger partial charge in [0.05, 0.1) is 0 Å². The Labute approximate surface area is 119 Å². The average molecular weight is 262 g/mol. The van der Waals surface area contributed by atoms with Crippen LogP contribution in [0.5, 0.6) is 0 Å². The van der Waals surface area contributed by atoms with Gasteiger partial charge in [-0.1, -0.05) is 58.0 Å². The van der Waals surface area contributed by atoms with Crippen molar-refractivity contribution >= 4 is 0 Å². The summed E-state index contributed by atoms with van der Waals surface area (Å²) >= 11 is 0. The Kier molecular flexibility index (Phi) is 7.11. The highest BCUT2D eigenvalue weighted by Gasteiger charge is 2.19. The second kappa shape index (κ2) is 8.34. The Hall–Kier alpha value is -0.860. The molecule has 108 valence electrons. The fraction of sp³-hybridized carbons (Fsp3) is 0.647. The van der Waals surface area contributed by atoms with E-state index in [2.05, 4.69) is 75.2 Å². The van der Waals surface area contributed by atoms with E-state index in [4.69, 9.17) is 0 Å². The summed E-state index contributed by atoms with van der Waals surface area (Å²) in [7, 11) is 0. The maximum Gasteiger partial charge on any atom is 0.0236 e. The van der Waals surface area contributed by atoms with Crippen molar-refractivity contribution in [2.45, 2.75) is 53.2 Å². The van der Waals surface area contributed by atoms with Crippen LogP contribution in [0.25, 0.3) is 0 Å². The third kappa shape index (κ3) is 5.75. The SMILES string of the molecule is CCN(Cc1ccccc1)C(C)C(C)CNC(C)C. The highest BCUT2D eigenvalue weighted by atomic mass is 15.1. The molecule has 2 nitrogen and oxygen atoms in total. The summed E-state index contributed by atoms with van der Waals surface area (Å²) in [6, 6.07) is 11.9. The molecule has 1 aromatic carbocycles. The fourth-order valence-electron chi connectivity index (χ4n) is 2.31. The van der Waals surface area contributed by atoms with Crippen molar-refractivity contribution in [3.8, 4) is 0 Å². The highest BCUT2D eigenvalue weighted by Crippen LogP contribution is 2.14. The van der Waals surface area contributed by atoms with Gasteiger partial charge in [-0.25, -0.2) is 0 Å². The van der Waals surface area contributed by atoms with Gasteiger partial charge < -0.3 is 5.32 Å². The van der Waals surface area contributed by atoms with Crippen molar-refractivity contribution in [2.24, 2.45) is 5.92 Å². The Balaban J connectivity index is 2.53. The van der Waals surface area contributed by atoms with E-state index in [0.717, 1.165) is 19.6 Å². The minimum atomic E-state index is 0.568. The molecule has 0 radical (unpaired) electrons. The average Bonchev–Trinajstić information content (AvgIpc) is 2.42. The van der Waals surface area contributed by atoms with Crippen molar-refractivity contribution in [2.75, 3.05) is 13.1 Å². The van der Waals surface area contributed by atoms with Crippen molar-refractivity contribution < 1.29 is 0 Å². The van der Waals surface area contributed by atoms with Crippen molar-refractivity contribution in [1.29, 1.82) is 0 Å². The lowest BCUT2D eigenvalue weighted by molar-refractivity contribution is 0.158. The van der Waals surface area contributed by atoms with E-state index in [1.807, 2.05) is 0 Å². The standard InChI is InChI=1S/C17H30N2/c1-6-19(13-17-10-8-7-9-11-17)16(5)15(4)12-18-14(2)3/h7-11,14-16,18H,6,12-13H2,1-5H3. The van der Waals surface area contributed by atoms with Gasteiger partial charge in [-0.2, -0.15) is 0 Å². The van der Waals surface area contributed by atoms with Crippen LogP contribution in [0.1, 0.15) is 40.2 Å². The molecule has 0 aliphatic heterocycles. The van der Waals surface area contributed by atoms with E-state index in [-0.39, 0.29) is 0 Å². The predicted octanol–water partition coefficient (Wildman–Crippen LogP) is 3.53. The molecular weight excluding hydrogens is 232 g/mol. The van der Waals surface area contributed by atoms with Crippen LogP contribution in [0.15, 0.2) is 30.3 Å². The van der Waals surface area contributed by atoms with Crippen LogP contribution < -0.4 is 5.32 Å². The zero-order valence-corrected chi connectivity index (χ0v) is 13.2. The Morgan fingerprint density at radius 3 is 2.21 bits per heavy atom. The van der Waals surface area contributed by atoms with Crippen LogP contribution in [0.2, 0.25) is 0 Å². The molecule has 2 atom stereocenters. The molecule has 1 N–H and O–H groups in total. The largest absolute Gasteiger partial charge is 0.314 e. The number of benzene rings is 1. The normalized spacial score (nSPS) is 14.9.